The van der Waals surface area contributed by atoms with Gasteiger partial charge in [-0.15, -0.1) is 0 Å². The first-order valence-corrected chi connectivity index (χ1v) is 12.3. The average molecular weight is 423 g/mol. The average Bonchev–Trinajstić information content (AvgIpc) is 3.00. The largest absolute Gasteiger partial charge is 0.461 e. The molecule has 6 atom stereocenters. The molecule has 5 rings (SSSR count). The van der Waals surface area contributed by atoms with Crippen LogP contribution in [-0.2, 0) is 9.53 Å². The number of carbonyl (C=O) groups excluding carboxylic acids is 1. The van der Waals surface area contributed by atoms with Crippen molar-refractivity contribution in [3.63, 3.8) is 0 Å². The molecule has 4 nitrogen and oxygen atoms in total. The van der Waals surface area contributed by atoms with Crippen LogP contribution in [0.4, 0.5) is 5.69 Å². The Morgan fingerprint density at radius 3 is 2.84 bits per heavy atom. The Hall–Kier alpha value is -1.81. The molecule has 0 amide bonds. The van der Waals surface area contributed by atoms with Crippen molar-refractivity contribution >= 4 is 11.7 Å². The molecular formula is C27H38N2O2. The maximum Gasteiger partial charge on any atom is 0.311 e. The number of benzene rings is 1. The number of ether oxygens (including phenoxy) is 1. The lowest BCUT2D eigenvalue weighted by atomic mass is 9.59. The van der Waals surface area contributed by atoms with E-state index in [2.05, 4.69) is 67.8 Å². The maximum atomic E-state index is 12.9. The lowest BCUT2D eigenvalue weighted by Crippen LogP contribution is -2.53. The number of esters is 1. The quantitative estimate of drug-likeness (QED) is 0.516. The maximum absolute atomic E-state index is 12.9. The molecule has 0 bridgehead atoms. The molecule has 2 heterocycles. The van der Waals surface area contributed by atoms with Crippen LogP contribution in [0, 0.1) is 30.1 Å². The Labute approximate surface area is 187 Å². The summed E-state index contributed by atoms with van der Waals surface area (Å²) in [5.41, 5.74) is 4.47. The van der Waals surface area contributed by atoms with Crippen LogP contribution in [0.1, 0.15) is 52.0 Å². The topological polar surface area (TPSA) is 32.8 Å². The monoisotopic (exact) mass is 422 g/mol. The molecule has 4 heteroatoms. The van der Waals surface area contributed by atoms with Crippen molar-refractivity contribution in [1.29, 1.82) is 0 Å². The van der Waals surface area contributed by atoms with Gasteiger partial charge in [0, 0.05) is 43.8 Å². The summed E-state index contributed by atoms with van der Waals surface area (Å²) in [6.45, 7) is 13.1. The number of rotatable bonds is 3. The van der Waals surface area contributed by atoms with Crippen molar-refractivity contribution in [2.75, 3.05) is 31.1 Å². The van der Waals surface area contributed by atoms with E-state index in [0.717, 1.165) is 32.6 Å². The van der Waals surface area contributed by atoms with Gasteiger partial charge in [-0.3, -0.25) is 9.69 Å². The zero-order valence-corrected chi connectivity index (χ0v) is 19.6. The van der Waals surface area contributed by atoms with Gasteiger partial charge in [-0.25, -0.2) is 0 Å². The van der Waals surface area contributed by atoms with E-state index in [0.29, 0.717) is 12.0 Å². The van der Waals surface area contributed by atoms with Crippen LogP contribution in [0.3, 0.4) is 0 Å². The number of nitrogens with zero attached hydrogens (tertiary/aromatic N) is 2. The number of hydrogen-bond acceptors (Lipinski definition) is 4. The lowest BCUT2D eigenvalue weighted by Gasteiger charge is -2.46. The minimum absolute atomic E-state index is 0.00565. The molecule has 4 aliphatic rings. The molecule has 0 radical (unpaired) electrons. The van der Waals surface area contributed by atoms with E-state index in [4.69, 9.17) is 4.74 Å². The molecule has 0 N–H and O–H groups in total. The van der Waals surface area contributed by atoms with Crippen molar-refractivity contribution in [2.24, 2.45) is 23.2 Å². The molecular weight excluding hydrogens is 384 g/mol. The van der Waals surface area contributed by atoms with E-state index in [1.54, 1.807) is 5.57 Å². The number of carbonyl (C=O) groups is 1. The Bertz CT molecular complexity index is 880. The lowest BCUT2D eigenvalue weighted by molar-refractivity contribution is -0.145. The van der Waals surface area contributed by atoms with E-state index in [9.17, 15) is 4.79 Å². The van der Waals surface area contributed by atoms with Gasteiger partial charge in [0.15, 0.2) is 0 Å². The standard InChI is InChI=1S/C27H38N2O2/c1-18-7-5-9-21(13-18)29-12-11-28(16-20(29)3)17-23-22-14-24-19(2)8-6-10-27(24,4)15-25(22)31-26(23)30/h5,7,9,13-14,19-20,22-23,25H,6,8,10-12,15-17H2,1-4H3/t19-,20-,22-,23-,25+,27+/m0/s1. The van der Waals surface area contributed by atoms with Gasteiger partial charge in [-0.05, 0) is 62.1 Å². The highest BCUT2D eigenvalue weighted by molar-refractivity contribution is 5.76. The summed E-state index contributed by atoms with van der Waals surface area (Å²) in [6.07, 6.45) is 7.42. The Balaban J connectivity index is 1.29. The predicted octanol–water partition coefficient (Wildman–Crippen LogP) is 4.82. The summed E-state index contributed by atoms with van der Waals surface area (Å²) in [4.78, 5) is 17.9. The number of anilines is 1. The molecule has 2 saturated heterocycles. The molecule has 1 saturated carbocycles. The number of hydrogen-bond donors (Lipinski definition) is 0. The smallest absolute Gasteiger partial charge is 0.311 e. The number of piperazine rings is 1. The second kappa shape index (κ2) is 7.95. The number of allylic oxidation sites excluding steroid dienone is 1. The van der Waals surface area contributed by atoms with Crippen LogP contribution in [0.5, 0.6) is 0 Å². The fourth-order valence-corrected chi connectivity index (χ4v) is 6.93. The predicted molar refractivity (Wildman–Crippen MR) is 125 cm³/mol. The van der Waals surface area contributed by atoms with Crippen LogP contribution in [-0.4, -0.2) is 49.2 Å². The van der Waals surface area contributed by atoms with Crippen molar-refractivity contribution in [1.82, 2.24) is 4.90 Å². The van der Waals surface area contributed by atoms with Gasteiger partial charge in [-0.2, -0.15) is 0 Å². The zero-order chi connectivity index (χ0) is 21.8. The Morgan fingerprint density at radius 2 is 2.06 bits per heavy atom. The van der Waals surface area contributed by atoms with Crippen molar-refractivity contribution < 1.29 is 9.53 Å². The van der Waals surface area contributed by atoms with Gasteiger partial charge in [0.2, 0.25) is 0 Å². The zero-order valence-electron chi connectivity index (χ0n) is 19.6. The van der Waals surface area contributed by atoms with Crippen molar-refractivity contribution in [3.8, 4) is 0 Å². The van der Waals surface area contributed by atoms with Crippen LogP contribution in [0.15, 0.2) is 35.9 Å². The molecule has 0 aromatic heterocycles. The van der Waals surface area contributed by atoms with E-state index in [1.165, 1.54) is 30.5 Å². The fraction of sp³-hybridized carbons (Fsp3) is 0.667. The van der Waals surface area contributed by atoms with Gasteiger partial charge in [-0.1, -0.05) is 44.1 Å². The third-order valence-corrected chi connectivity index (χ3v) is 8.58. The molecule has 0 spiro atoms. The summed E-state index contributed by atoms with van der Waals surface area (Å²) >= 11 is 0. The van der Waals surface area contributed by atoms with Gasteiger partial charge in [0.25, 0.3) is 0 Å². The third kappa shape index (κ3) is 3.82. The molecule has 31 heavy (non-hydrogen) atoms. The third-order valence-electron chi connectivity index (χ3n) is 8.58. The first-order valence-electron chi connectivity index (χ1n) is 12.3. The normalized spacial score (nSPS) is 38.3. The van der Waals surface area contributed by atoms with Crippen LogP contribution in [0.25, 0.3) is 0 Å². The van der Waals surface area contributed by atoms with E-state index in [-0.39, 0.29) is 29.3 Å². The van der Waals surface area contributed by atoms with Gasteiger partial charge in [0.1, 0.15) is 6.10 Å². The second-order valence-electron chi connectivity index (χ2n) is 11.0. The second-order valence-corrected chi connectivity index (χ2v) is 11.0. The molecule has 0 unspecified atom stereocenters. The molecule has 2 aliphatic heterocycles. The van der Waals surface area contributed by atoms with E-state index in [1.807, 2.05) is 0 Å². The highest BCUT2D eigenvalue weighted by Crippen LogP contribution is 2.54. The fourth-order valence-electron chi connectivity index (χ4n) is 6.93. The van der Waals surface area contributed by atoms with Crippen LogP contribution >= 0.6 is 0 Å². The van der Waals surface area contributed by atoms with Gasteiger partial charge in [0.05, 0.1) is 5.92 Å². The highest BCUT2D eigenvalue weighted by Gasteiger charge is 2.52. The molecule has 168 valence electrons. The van der Waals surface area contributed by atoms with Gasteiger partial charge >= 0.3 is 5.97 Å². The Kier molecular flexibility index (Phi) is 5.40. The van der Waals surface area contributed by atoms with E-state index < -0.39 is 0 Å². The number of fused-ring (bicyclic) bond motifs is 2. The molecule has 2 aliphatic carbocycles. The summed E-state index contributed by atoms with van der Waals surface area (Å²) in [5.74, 6) is 0.944. The first kappa shape index (κ1) is 21.1. The number of aryl methyl sites for hydroxylation is 1. The van der Waals surface area contributed by atoms with Crippen LogP contribution < -0.4 is 4.90 Å². The summed E-state index contributed by atoms with van der Waals surface area (Å²) in [7, 11) is 0. The SMILES string of the molecule is Cc1cccc(N2CCN(C[C@@H]3C(=O)O[C@@H]4C[C@@]5(C)CCC[C@H](C)C5=C[C@@H]34)C[C@@H]2C)c1. The van der Waals surface area contributed by atoms with Gasteiger partial charge < -0.3 is 9.64 Å². The molecule has 1 aromatic carbocycles. The molecule has 1 aromatic rings. The van der Waals surface area contributed by atoms with Crippen molar-refractivity contribution in [3.05, 3.63) is 41.5 Å². The summed E-state index contributed by atoms with van der Waals surface area (Å²) < 4.78 is 5.98. The van der Waals surface area contributed by atoms with Crippen LogP contribution in [0.2, 0.25) is 0 Å². The Morgan fingerprint density at radius 1 is 1.23 bits per heavy atom. The first-order chi connectivity index (χ1) is 14.8. The minimum Gasteiger partial charge on any atom is -0.461 e. The summed E-state index contributed by atoms with van der Waals surface area (Å²) in [6, 6.07) is 9.24. The highest BCUT2D eigenvalue weighted by atomic mass is 16.6. The van der Waals surface area contributed by atoms with E-state index >= 15 is 0 Å². The summed E-state index contributed by atoms with van der Waals surface area (Å²) in [5, 5.41) is 0. The molecule has 3 fully saturated rings. The minimum atomic E-state index is -0.00565. The van der Waals surface area contributed by atoms with Crippen molar-refractivity contribution in [2.45, 2.75) is 65.5 Å².